The standard InChI is InChI=1S/C25H24F2N4O2/c1-33-23-5-3-2-4-22(23)30-14-16-31(17-15-30)25(28-21-12-10-20(27)11-13-21)29-24(32)18-6-8-19(26)9-7-18/h2-13H,14-17H2,1H3,(H,28,29,32). The van der Waals surface area contributed by atoms with Crippen LogP contribution in [0.1, 0.15) is 10.4 Å². The zero-order valence-corrected chi connectivity index (χ0v) is 18.2. The molecule has 6 nitrogen and oxygen atoms in total. The molecule has 3 aromatic carbocycles. The maximum Gasteiger partial charge on any atom is 0.257 e. The van der Waals surface area contributed by atoms with E-state index in [4.69, 9.17) is 4.74 Å². The van der Waals surface area contributed by atoms with Gasteiger partial charge in [-0.2, -0.15) is 0 Å². The van der Waals surface area contributed by atoms with Crippen molar-refractivity contribution < 1.29 is 18.3 Å². The van der Waals surface area contributed by atoms with Crippen LogP contribution in [0.4, 0.5) is 20.2 Å². The number of hydrogen-bond acceptors (Lipinski definition) is 4. The molecular formula is C25H24F2N4O2. The maximum atomic E-state index is 13.3. The third kappa shape index (κ3) is 5.46. The van der Waals surface area contributed by atoms with Crippen molar-refractivity contribution in [1.82, 2.24) is 10.2 Å². The largest absolute Gasteiger partial charge is 0.495 e. The summed E-state index contributed by atoms with van der Waals surface area (Å²) in [5.41, 5.74) is 1.83. The van der Waals surface area contributed by atoms with E-state index in [1.54, 1.807) is 19.2 Å². The topological polar surface area (TPSA) is 57.2 Å². The molecule has 0 aromatic heterocycles. The predicted octanol–water partition coefficient (Wildman–Crippen LogP) is 4.21. The van der Waals surface area contributed by atoms with E-state index in [-0.39, 0.29) is 5.82 Å². The van der Waals surface area contributed by atoms with Crippen molar-refractivity contribution in [2.75, 3.05) is 38.2 Å². The van der Waals surface area contributed by atoms with Crippen molar-refractivity contribution in [3.8, 4) is 5.75 Å². The molecule has 4 rings (SSSR count). The minimum Gasteiger partial charge on any atom is -0.495 e. The van der Waals surface area contributed by atoms with E-state index in [1.165, 1.54) is 36.4 Å². The summed E-state index contributed by atoms with van der Waals surface area (Å²) in [6, 6.07) is 18.9. The van der Waals surface area contributed by atoms with Crippen molar-refractivity contribution in [3.63, 3.8) is 0 Å². The van der Waals surface area contributed by atoms with E-state index in [0.717, 1.165) is 11.4 Å². The SMILES string of the molecule is COc1ccccc1N1CCN(C(=Nc2ccc(F)cc2)NC(=O)c2ccc(F)cc2)CC1. The third-order valence-corrected chi connectivity index (χ3v) is 5.40. The van der Waals surface area contributed by atoms with Gasteiger partial charge in [-0.25, -0.2) is 13.8 Å². The molecule has 0 bridgehead atoms. The third-order valence-electron chi connectivity index (χ3n) is 5.40. The zero-order chi connectivity index (χ0) is 23.2. The molecule has 1 aliphatic heterocycles. The molecule has 1 aliphatic rings. The first-order chi connectivity index (χ1) is 16.0. The summed E-state index contributed by atoms with van der Waals surface area (Å²) < 4.78 is 32.1. The first-order valence-electron chi connectivity index (χ1n) is 10.6. The lowest BCUT2D eigenvalue weighted by Crippen LogP contribution is -2.53. The summed E-state index contributed by atoms with van der Waals surface area (Å²) in [4.78, 5) is 21.5. The highest BCUT2D eigenvalue weighted by Crippen LogP contribution is 2.28. The fourth-order valence-corrected chi connectivity index (χ4v) is 3.64. The molecule has 0 atom stereocenters. The van der Waals surface area contributed by atoms with E-state index < -0.39 is 11.7 Å². The number of halogens is 2. The van der Waals surface area contributed by atoms with Gasteiger partial charge in [0.05, 0.1) is 18.5 Å². The minimum absolute atomic E-state index is 0.316. The van der Waals surface area contributed by atoms with E-state index in [2.05, 4.69) is 15.2 Å². The van der Waals surface area contributed by atoms with E-state index in [9.17, 15) is 13.6 Å². The number of hydrogen-bond donors (Lipinski definition) is 1. The van der Waals surface area contributed by atoms with Crippen molar-refractivity contribution in [2.24, 2.45) is 4.99 Å². The quantitative estimate of drug-likeness (QED) is 0.478. The molecule has 8 heteroatoms. The van der Waals surface area contributed by atoms with Gasteiger partial charge in [0.1, 0.15) is 17.4 Å². The fourth-order valence-electron chi connectivity index (χ4n) is 3.64. The number of carbonyl (C=O) groups is 1. The van der Waals surface area contributed by atoms with Gasteiger partial charge in [0.15, 0.2) is 0 Å². The number of rotatable bonds is 4. The number of ether oxygens (including phenoxy) is 1. The van der Waals surface area contributed by atoms with Gasteiger partial charge in [0.25, 0.3) is 5.91 Å². The normalized spacial score (nSPS) is 14.2. The lowest BCUT2D eigenvalue weighted by molar-refractivity contribution is 0.0971. The summed E-state index contributed by atoms with van der Waals surface area (Å²) >= 11 is 0. The lowest BCUT2D eigenvalue weighted by Gasteiger charge is -2.38. The van der Waals surface area contributed by atoms with Crippen LogP contribution >= 0.6 is 0 Å². The van der Waals surface area contributed by atoms with Crippen LogP contribution in [0.25, 0.3) is 0 Å². The molecule has 0 spiro atoms. The number of methoxy groups -OCH3 is 1. The number of nitrogens with zero attached hydrogens (tertiary/aromatic N) is 3. The van der Waals surface area contributed by atoms with E-state index in [1.807, 2.05) is 29.2 Å². The van der Waals surface area contributed by atoms with Gasteiger partial charge in [-0.05, 0) is 60.7 Å². The van der Waals surface area contributed by atoms with Crippen molar-refractivity contribution in [3.05, 3.63) is 90.0 Å². The van der Waals surface area contributed by atoms with Gasteiger partial charge in [-0.15, -0.1) is 0 Å². The number of amides is 1. The highest BCUT2D eigenvalue weighted by atomic mass is 19.1. The smallest absolute Gasteiger partial charge is 0.257 e. The van der Waals surface area contributed by atoms with Crippen LogP contribution in [0.3, 0.4) is 0 Å². The molecule has 1 fully saturated rings. The molecule has 1 amide bonds. The van der Waals surface area contributed by atoms with Crippen molar-refractivity contribution in [2.45, 2.75) is 0 Å². The number of anilines is 1. The van der Waals surface area contributed by atoms with Crippen molar-refractivity contribution in [1.29, 1.82) is 0 Å². The Kier molecular flexibility index (Phi) is 6.83. The summed E-state index contributed by atoms with van der Waals surface area (Å²) in [5.74, 6) is -0.0233. The number of benzene rings is 3. The Morgan fingerprint density at radius 2 is 1.48 bits per heavy atom. The molecule has 1 saturated heterocycles. The van der Waals surface area contributed by atoms with Gasteiger partial charge in [0.2, 0.25) is 5.96 Å². The van der Waals surface area contributed by atoms with E-state index in [0.29, 0.717) is 43.4 Å². The number of guanidine groups is 1. The summed E-state index contributed by atoms with van der Waals surface area (Å²) in [6.45, 7) is 2.58. The maximum absolute atomic E-state index is 13.3. The van der Waals surface area contributed by atoms with Gasteiger partial charge in [-0.3, -0.25) is 10.1 Å². The monoisotopic (exact) mass is 450 g/mol. The first-order valence-corrected chi connectivity index (χ1v) is 10.6. The Balaban J connectivity index is 1.54. The highest BCUT2D eigenvalue weighted by molar-refractivity contribution is 6.06. The Labute approximate surface area is 191 Å². The number of carbonyl (C=O) groups excluding carboxylic acids is 1. The Morgan fingerprint density at radius 3 is 2.12 bits per heavy atom. The summed E-state index contributed by atoms with van der Waals surface area (Å²) in [5, 5.41) is 2.84. The van der Waals surface area contributed by atoms with Crippen LogP contribution in [0, 0.1) is 11.6 Å². The van der Waals surface area contributed by atoms with Crippen LogP contribution in [0.5, 0.6) is 5.75 Å². The van der Waals surface area contributed by atoms with Crippen LogP contribution in [-0.4, -0.2) is 50.1 Å². The second-order valence-corrected chi connectivity index (χ2v) is 7.52. The molecule has 170 valence electrons. The second kappa shape index (κ2) is 10.1. The second-order valence-electron chi connectivity index (χ2n) is 7.52. The van der Waals surface area contributed by atoms with Crippen LogP contribution in [0.2, 0.25) is 0 Å². The molecule has 0 radical (unpaired) electrons. The first kappa shape index (κ1) is 22.3. The average Bonchev–Trinajstić information content (AvgIpc) is 2.85. The van der Waals surface area contributed by atoms with Crippen molar-refractivity contribution >= 4 is 23.2 Å². The number of aliphatic imine (C=N–C) groups is 1. The van der Waals surface area contributed by atoms with Gasteiger partial charge < -0.3 is 14.5 Å². The Bertz CT molecular complexity index is 1130. The average molecular weight is 450 g/mol. The van der Waals surface area contributed by atoms with Crippen LogP contribution < -0.4 is 15.0 Å². The zero-order valence-electron chi connectivity index (χ0n) is 18.2. The molecule has 3 aromatic rings. The fraction of sp³-hybridized carbons (Fsp3) is 0.200. The number of nitrogens with one attached hydrogen (secondary N) is 1. The summed E-state index contributed by atoms with van der Waals surface area (Å²) in [6.07, 6.45) is 0. The highest BCUT2D eigenvalue weighted by Gasteiger charge is 2.23. The molecule has 0 saturated carbocycles. The Hall–Kier alpha value is -3.94. The molecule has 1 N–H and O–H groups in total. The van der Waals surface area contributed by atoms with Gasteiger partial charge in [0, 0.05) is 31.7 Å². The molecule has 0 aliphatic carbocycles. The molecule has 0 unspecified atom stereocenters. The van der Waals surface area contributed by atoms with E-state index >= 15 is 0 Å². The number of para-hydroxylation sites is 2. The lowest BCUT2D eigenvalue weighted by atomic mass is 10.2. The number of piperazine rings is 1. The van der Waals surface area contributed by atoms with Gasteiger partial charge >= 0.3 is 0 Å². The minimum atomic E-state index is -0.417. The van der Waals surface area contributed by atoms with Crippen LogP contribution in [-0.2, 0) is 0 Å². The Morgan fingerprint density at radius 1 is 0.879 bits per heavy atom. The van der Waals surface area contributed by atoms with Gasteiger partial charge in [-0.1, -0.05) is 12.1 Å². The predicted molar refractivity (Wildman–Crippen MR) is 124 cm³/mol. The molecule has 33 heavy (non-hydrogen) atoms. The molecule has 1 heterocycles. The summed E-state index contributed by atoms with van der Waals surface area (Å²) in [7, 11) is 1.65. The van der Waals surface area contributed by atoms with Crippen LogP contribution in [0.15, 0.2) is 77.8 Å². The molecular weight excluding hydrogens is 426 g/mol.